The van der Waals surface area contributed by atoms with Gasteiger partial charge in [-0.2, -0.15) is 13.2 Å². The van der Waals surface area contributed by atoms with E-state index in [1.165, 1.54) is 6.07 Å². The van der Waals surface area contributed by atoms with E-state index in [0.29, 0.717) is 34.6 Å². The molecule has 1 aliphatic heterocycles. The van der Waals surface area contributed by atoms with Crippen LogP contribution in [0, 0.1) is 0 Å². The largest absolute Gasteiger partial charge is 0.456 e. The number of halogens is 3. The van der Waals surface area contributed by atoms with Crippen molar-refractivity contribution in [2.45, 2.75) is 70.9 Å². The Bertz CT molecular complexity index is 2340. The molecule has 7 rings (SSSR count). The third kappa shape index (κ3) is 8.30. The third-order valence-corrected chi connectivity index (χ3v) is 15.6. The van der Waals surface area contributed by atoms with Crippen molar-refractivity contribution in [1.82, 2.24) is 20.5 Å². The molecule has 2 N–H and O–H groups in total. The number of hydrogen-bond donors (Lipinski definition) is 2. The fourth-order valence-electron chi connectivity index (χ4n) is 8.04. The average molecular weight is 805 g/mol. The highest BCUT2D eigenvalue weighted by Gasteiger charge is 2.50. The Labute approximate surface area is 337 Å². The molecule has 6 aromatic rings. The Kier molecular flexibility index (Phi) is 11.3. The summed E-state index contributed by atoms with van der Waals surface area (Å²) in [7, 11) is -2.96. The first-order valence-corrected chi connectivity index (χ1v) is 21.4. The van der Waals surface area contributed by atoms with Gasteiger partial charge in [-0.05, 0) is 65.5 Å². The number of furan rings is 1. The van der Waals surface area contributed by atoms with Crippen LogP contribution in [-0.2, 0) is 11.0 Å². The Morgan fingerprint density at radius 2 is 1.50 bits per heavy atom. The van der Waals surface area contributed by atoms with Crippen LogP contribution >= 0.6 is 0 Å². The van der Waals surface area contributed by atoms with Gasteiger partial charge in [-0.15, -0.1) is 0 Å². The molecule has 0 saturated heterocycles. The summed E-state index contributed by atoms with van der Waals surface area (Å²) in [6.45, 7) is 9.24. The van der Waals surface area contributed by atoms with Crippen molar-refractivity contribution in [2.75, 3.05) is 13.2 Å². The SMILES string of the molecule is CC(C)NC(=O)N1Cc2cc(C(=O)NCC(F)(F)F)nc(-c3cccc(-c4cc5ccccc5o4)c3)c2[C@H]1CCO[Si](c1ccccc1)(c1ccccc1)C(C)(C)C. The first-order valence-electron chi connectivity index (χ1n) is 19.4. The molecule has 300 valence electrons. The van der Waals surface area contributed by atoms with E-state index < -0.39 is 33.0 Å². The lowest BCUT2D eigenvalue weighted by Crippen LogP contribution is -2.66. The van der Waals surface area contributed by atoms with E-state index in [2.05, 4.69) is 50.4 Å². The van der Waals surface area contributed by atoms with E-state index in [4.69, 9.17) is 13.8 Å². The molecule has 1 aliphatic rings. The zero-order valence-corrected chi connectivity index (χ0v) is 34.2. The molecule has 0 radical (unpaired) electrons. The van der Waals surface area contributed by atoms with Gasteiger partial charge < -0.3 is 24.4 Å². The number of nitrogens with one attached hydrogen (secondary N) is 2. The van der Waals surface area contributed by atoms with Crippen LogP contribution in [0.2, 0.25) is 5.04 Å². The highest BCUT2D eigenvalue weighted by molar-refractivity contribution is 6.99. The van der Waals surface area contributed by atoms with E-state index in [1.807, 2.05) is 110 Å². The lowest BCUT2D eigenvalue weighted by Gasteiger charge is -2.43. The Hall–Kier alpha value is -5.72. The van der Waals surface area contributed by atoms with Crippen molar-refractivity contribution >= 4 is 41.6 Å². The highest BCUT2D eigenvalue weighted by Crippen LogP contribution is 2.44. The summed E-state index contributed by atoms with van der Waals surface area (Å²) in [6, 6.07) is 38.2. The molecule has 3 heterocycles. The van der Waals surface area contributed by atoms with Crippen molar-refractivity contribution in [3.8, 4) is 22.6 Å². The molecule has 0 bridgehead atoms. The minimum Gasteiger partial charge on any atom is -0.456 e. The predicted octanol–water partition coefficient (Wildman–Crippen LogP) is 9.40. The highest BCUT2D eigenvalue weighted by atomic mass is 28.4. The summed E-state index contributed by atoms with van der Waals surface area (Å²) < 4.78 is 53.3. The van der Waals surface area contributed by atoms with Crippen LogP contribution in [0.15, 0.2) is 126 Å². The van der Waals surface area contributed by atoms with Gasteiger partial charge in [0.05, 0.1) is 11.7 Å². The number of pyridine rings is 1. The van der Waals surface area contributed by atoms with Crippen LogP contribution in [0.3, 0.4) is 0 Å². The van der Waals surface area contributed by atoms with Crippen LogP contribution in [0.5, 0.6) is 0 Å². The zero-order chi connectivity index (χ0) is 41.2. The number of carbonyl (C=O) groups excluding carboxylic acids is 2. The standard InChI is InChI=1S/C46H47F3N4O4Si/c1-30(2)51-44(55)53-28-34-26-37(43(54)50-29-46(47,48)49)52-42(33-17-14-16-31(25-33)40-27-32-15-12-13-22-39(32)57-40)41(34)38(53)23-24-56-58(45(3,4)5,35-18-8-6-9-19-35)36-20-10-7-11-21-36/h6-22,25-27,30,38H,23-24,28-29H2,1-5H3,(H,50,54)(H,51,55)/t38-/m1/s1. The molecule has 8 nitrogen and oxygen atoms in total. The molecule has 0 unspecified atom stereocenters. The summed E-state index contributed by atoms with van der Waals surface area (Å²) >= 11 is 0. The quantitative estimate of drug-likeness (QED) is 0.127. The number of carbonyl (C=O) groups is 2. The van der Waals surface area contributed by atoms with Crippen molar-refractivity contribution in [3.05, 3.63) is 138 Å². The number of hydrogen-bond acceptors (Lipinski definition) is 5. The summed E-state index contributed by atoms with van der Waals surface area (Å²) in [5.41, 5.74) is 3.62. The lowest BCUT2D eigenvalue weighted by atomic mass is 9.94. The second-order valence-electron chi connectivity index (χ2n) is 16.0. The molecular formula is C46H47F3N4O4Si. The Balaban J connectivity index is 1.34. The number of fused-ring (bicyclic) bond motifs is 2. The second kappa shape index (κ2) is 16.3. The Morgan fingerprint density at radius 3 is 2.12 bits per heavy atom. The number of nitrogens with zero attached hydrogens (tertiary/aromatic N) is 2. The van der Waals surface area contributed by atoms with Gasteiger partial charge in [0.25, 0.3) is 14.2 Å². The summed E-state index contributed by atoms with van der Waals surface area (Å²) in [5.74, 6) is -0.349. The van der Waals surface area contributed by atoms with Gasteiger partial charge in [0, 0.05) is 41.3 Å². The number of benzene rings is 4. The number of alkyl halides is 3. The van der Waals surface area contributed by atoms with Crippen molar-refractivity contribution in [1.29, 1.82) is 0 Å². The average Bonchev–Trinajstić information content (AvgIpc) is 3.80. The second-order valence-corrected chi connectivity index (χ2v) is 20.3. The van der Waals surface area contributed by atoms with Crippen LogP contribution in [0.4, 0.5) is 18.0 Å². The van der Waals surface area contributed by atoms with Gasteiger partial charge in [0.1, 0.15) is 23.6 Å². The maximum atomic E-state index is 14.0. The molecule has 12 heteroatoms. The van der Waals surface area contributed by atoms with E-state index in [0.717, 1.165) is 26.9 Å². The van der Waals surface area contributed by atoms with Gasteiger partial charge in [0.15, 0.2) is 0 Å². The molecule has 58 heavy (non-hydrogen) atoms. The number of amides is 3. The zero-order valence-electron chi connectivity index (χ0n) is 33.2. The van der Waals surface area contributed by atoms with Gasteiger partial charge in [0.2, 0.25) is 0 Å². The van der Waals surface area contributed by atoms with Crippen molar-refractivity contribution in [2.24, 2.45) is 0 Å². The third-order valence-electron chi connectivity index (χ3n) is 10.5. The molecular weight excluding hydrogens is 758 g/mol. The molecule has 0 fully saturated rings. The fourth-order valence-corrected chi connectivity index (χ4v) is 12.6. The molecule has 3 amide bonds. The number of urea groups is 1. The van der Waals surface area contributed by atoms with E-state index in [1.54, 1.807) is 4.90 Å². The first-order chi connectivity index (χ1) is 27.6. The minimum absolute atomic E-state index is 0.107. The van der Waals surface area contributed by atoms with E-state index in [-0.39, 0.29) is 36.0 Å². The van der Waals surface area contributed by atoms with Crippen LogP contribution in [-0.4, -0.2) is 55.5 Å². The Morgan fingerprint density at radius 1 is 0.862 bits per heavy atom. The molecule has 0 aliphatic carbocycles. The molecule has 2 aromatic heterocycles. The number of aromatic nitrogens is 1. The topological polar surface area (TPSA) is 96.7 Å². The summed E-state index contributed by atoms with van der Waals surface area (Å²) in [5, 5.41) is 7.88. The molecule has 1 atom stereocenters. The number of rotatable bonds is 11. The molecule has 0 saturated carbocycles. The smallest absolute Gasteiger partial charge is 0.405 e. The summed E-state index contributed by atoms with van der Waals surface area (Å²) in [6.07, 6.45) is -4.24. The fraction of sp³-hybridized carbons (Fsp3) is 0.283. The van der Waals surface area contributed by atoms with E-state index >= 15 is 0 Å². The maximum Gasteiger partial charge on any atom is 0.405 e. The van der Waals surface area contributed by atoms with Crippen LogP contribution in [0.25, 0.3) is 33.6 Å². The monoisotopic (exact) mass is 804 g/mol. The van der Waals surface area contributed by atoms with Gasteiger partial charge in [-0.3, -0.25) is 4.79 Å². The lowest BCUT2D eigenvalue weighted by molar-refractivity contribution is -0.123. The van der Waals surface area contributed by atoms with E-state index in [9.17, 15) is 22.8 Å². The normalized spacial score (nSPS) is 14.5. The predicted molar refractivity (Wildman–Crippen MR) is 223 cm³/mol. The maximum absolute atomic E-state index is 14.0. The molecule has 0 spiro atoms. The number of para-hydroxylation sites is 1. The van der Waals surface area contributed by atoms with Crippen LogP contribution < -0.4 is 21.0 Å². The van der Waals surface area contributed by atoms with Crippen LogP contribution in [0.1, 0.15) is 68.7 Å². The minimum atomic E-state index is -4.61. The van der Waals surface area contributed by atoms with Crippen molar-refractivity contribution in [3.63, 3.8) is 0 Å². The van der Waals surface area contributed by atoms with Gasteiger partial charge in [-0.1, -0.05) is 118 Å². The summed E-state index contributed by atoms with van der Waals surface area (Å²) in [4.78, 5) is 33.9. The van der Waals surface area contributed by atoms with Crippen molar-refractivity contribution < 1.29 is 31.6 Å². The first kappa shape index (κ1) is 40.5. The van der Waals surface area contributed by atoms with Gasteiger partial charge in [-0.25, -0.2) is 9.78 Å². The molecule has 4 aromatic carbocycles. The van der Waals surface area contributed by atoms with Gasteiger partial charge >= 0.3 is 12.2 Å².